The fourth-order valence-corrected chi connectivity index (χ4v) is 2.53. The predicted octanol–water partition coefficient (Wildman–Crippen LogP) is 2.11. The maximum atomic E-state index is 6.31. The van der Waals surface area contributed by atoms with Crippen molar-refractivity contribution >= 4 is 0 Å². The van der Waals surface area contributed by atoms with Gasteiger partial charge < -0.3 is 10.5 Å². The number of nitrogens with two attached hydrogens (primary N) is 1. The van der Waals surface area contributed by atoms with Gasteiger partial charge in [-0.2, -0.15) is 0 Å². The minimum Gasteiger partial charge on any atom is -0.377 e. The molecule has 0 spiro atoms. The van der Waals surface area contributed by atoms with Crippen molar-refractivity contribution in [2.24, 2.45) is 5.73 Å². The van der Waals surface area contributed by atoms with Gasteiger partial charge in [0.1, 0.15) is 0 Å². The van der Waals surface area contributed by atoms with E-state index in [2.05, 4.69) is 43.0 Å². The van der Waals surface area contributed by atoms with Gasteiger partial charge in [-0.1, -0.05) is 29.8 Å². The Morgan fingerprint density at radius 1 is 1.50 bits per heavy atom. The quantitative estimate of drug-likeness (QED) is 0.890. The highest BCUT2D eigenvalue weighted by atomic mass is 16.5. The third-order valence-corrected chi connectivity index (χ3v) is 3.46. The molecule has 2 rings (SSSR count). The van der Waals surface area contributed by atoms with Gasteiger partial charge >= 0.3 is 0 Å². The van der Waals surface area contributed by atoms with Gasteiger partial charge in [-0.3, -0.25) is 4.90 Å². The van der Waals surface area contributed by atoms with Crippen LogP contribution in [0.15, 0.2) is 24.3 Å². The molecular formula is C15H24N2O. The van der Waals surface area contributed by atoms with Crippen LogP contribution in [0.1, 0.15) is 30.5 Å². The molecule has 1 heterocycles. The number of rotatable bonds is 3. The Morgan fingerprint density at radius 3 is 3.11 bits per heavy atom. The second kappa shape index (κ2) is 6.32. The average molecular weight is 248 g/mol. The van der Waals surface area contributed by atoms with Gasteiger partial charge in [-0.05, 0) is 25.8 Å². The van der Waals surface area contributed by atoms with Crippen molar-refractivity contribution in [3.63, 3.8) is 0 Å². The molecule has 0 amide bonds. The zero-order valence-corrected chi connectivity index (χ0v) is 11.4. The Morgan fingerprint density at radius 2 is 2.33 bits per heavy atom. The monoisotopic (exact) mass is 248 g/mol. The molecule has 1 aromatic carbocycles. The summed E-state index contributed by atoms with van der Waals surface area (Å²) in [7, 11) is 0. The first-order valence-electron chi connectivity index (χ1n) is 6.81. The summed E-state index contributed by atoms with van der Waals surface area (Å²) in [6, 6.07) is 8.59. The number of hydrogen-bond acceptors (Lipinski definition) is 3. The van der Waals surface area contributed by atoms with Crippen molar-refractivity contribution < 1.29 is 4.74 Å². The summed E-state index contributed by atoms with van der Waals surface area (Å²) in [5, 5.41) is 0. The van der Waals surface area contributed by atoms with Gasteiger partial charge in [0.2, 0.25) is 0 Å². The lowest BCUT2D eigenvalue weighted by Gasteiger charge is -2.25. The van der Waals surface area contributed by atoms with E-state index >= 15 is 0 Å². The van der Waals surface area contributed by atoms with Crippen LogP contribution in [0.4, 0.5) is 0 Å². The Hall–Kier alpha value is -0.900. The second-order valence-electron chi connectivity index (χ2n) is 5.32. The van der Waals surface area contributed by atoms with E-state index in [9.17, 15) is 0 Å². The first-order chi connectivity index (χ1) is 8.65. The van der Waals surface area contributed by atoms with Crippen LogP contribution in [0.5, 0.6) is 0 Å². The van der Waals surface area contributed by atoms with E-state index in [0.29, 0.717) is 6.10 Å². The van der Waals surface area contributed by atoms with Crippen LogP contribution in [0.2, 0.25) is 0 Å². The van der Waals surface area contributed by atoms with Crippen LogP contribution in [-0.2, 0) is 4.74 Å². The van der Waals surface area contributed by atoms with Crippen molar-refractivity contribution in [2.75, 3.05) is 26.2 Å². The lowest BCUT2D eigenvalue weighted by atomic mass is 10.0. The van der Waals surface area contributed by atoms with Crippen LogP contribution in [0.25, 0.3) is 0 Å². The topological polar surface area (TPSA) is 38.5 Å². The molecule has 1 aromatic rings. The third-order valence-electron chi connectivity index (χ3n) is 3.46. The van der Waals surface area contributed by atoms with Crippen LogP contribution >= 0.6 is 0 Å². The van der Waals surface area contributed by atoms with Gasteiger partial charge in [-0.25, -0.2) is 0 Å². The molecule has 1 fully saturated rings. The molecule has 1 aliphatic heterocycles. The van der Waals surface area contributed by atoms with Crippen molar-refractivity contribution in [3.8, 4) is 0 Å². The summed E-state index contributed by atoms with van der Waals surface area (Å²) >= 11 is 0. The summed E-state index contributed by atoms with van der Waals surface area (Å²) in [6.07, 6.45) is 1.42. The van der Waals surface area contributed by atoms with E-state index in [1.54, 1.807) is 0 Å². The number of benzene rings is 1. The molecule has 3 heteroatoms. The van der Waals surface area contributed by atoms with Gasteiger partial charge in [0.25, 0.3) is 0 Å². The fraction of sp³-hybridized carbons (Fsp3) is 0.600. The lowest BCUT2D eigenvalue weighted by Crippen LogP contribution is -2.36. The molecule has 0 aromatic heterocycles. The first kappa shape index (κ1) is 13.5. The molecular weight excluding hydrogens is 224 g/mol. The smallest absolute Gasteiger partial charge is 0.0673 e. The second-order valence-corrected chi connectivity index (χ2v) is 5.32. The first-order valence-corrected chi connectivity index (χ1v) is 6.81. The highest BCUT2D eigenvalue weighted by molar-refractivity contribution is 5.25. The minimum absolute atomic E-state index is 0.0928. The molecule has 0 radical (unpaired) electrons. The molecule has 0 aliphatic carbocycles. The molecule has 100 valence electrons. The average Bonchev–Trinajstić information content (AvgIpc) is 2.53. The maximum Gasteiger partial charge on any atom is 0.0673 e. The standard InChI is InChI=1S/C15H24N2O/c1-12-5-3-6-14(9-12)15(16)11-17-7-4-8-18-13(2)10-17/h3,5-6,9,13,15H,4,7-8,10-11,16H2,1-2H3. The van der Waals surface area contributed by atoms with Crippen LogP contribution in [0.3, 0.4) is 0 Å². The van der Waals surface area contributed by atoms with Crippen LogP contribution in [-0.4, -0.2) is 37.2 Å². The molecule has 1 saturated heterocycles. The summed E-state index contributed by atoms with van der Waals surface area (Å²) in [6.45, 7) is 8.10. The predicted molar refractivity (Wildman–Crippen MR) is 74.6 cm³/mol. The zero-order valence-electron chi connectivity index (χ0n) is 11.4. The number of ether oxygens (including phenoxy) is 1. The molecule has 2 unspecified atom stereocenters. The minimum atomic E-state index is 0.0928. The van der Waals surface area contributed by atoms with Gasteiger partial charge in [0.05, 0.1) is 6.10 Å². The summed E-state index contributed by atoms with van der Waals surface area (Å²) in [5.74, 6) is 0. The van der Waals surface area contributed by atoms with Gasteiger partial charge in [0.15, 0.2) is 0 Å². The van der Waals surface area contributed by atoms with Crippen LogP contribution < -0.4 is 5.73 Å². The van der Waals surface area contributed by atoms with E-state index < -0.39 is 0 Å². The van der Waals surface area contributed by atoms with Crippen molar-refractivity contribution in [3.05, 3.63) is 35.4 Å². The van der Waals surface area contributed by atoms with E-state index in [1.807, 2.05) is 0 Å². The van der Waals surface area contributed by atoms with E-state index in [-0.39, 0.29) is 6.04 Å². The highest BCUT2D eigenvalue weighted by Crippen LogP contribution is 2.15. The van der Waals surface area contributed by atoms with Crippen molar-refractivity contribution in [1.29, 1.82) is 0 Å². The fourth-order valence-electron chi connectivity index (χ4n) is 2.53. The maximum absolute atomic E-state index is 6.31. The Balaban J connectivity index is 1.95. The Labute approximate surface area is 110 Å². The van der Waals surface area contributed by atoms with Crippen LogP contribution in [0, 0.1) is 6.92 Å². The Kier molecular flexibility index (Phi) is 4.75. The molecule has 0 bridgehead atoms. The molecule has 0 saturated carbocycles. The largest absolute Gasteiger partial charge is 0.377 e. The Bertz CT molecular complexity index is 381. The number of aryl methyl sites for hydroxylation is 1. The SMILES string of the molecule is Cc1cccc(C(N)CN2CCCOC(C)C2)c1. The molecule has 3 nitrogen and oxygen atoms in total. The normalized spacial score (nSPS) is 23.6. The highest BCUT2D eigenvalue weighted by Gasteiger charge is 2.17. The number of hydrogen-bond donors (Lipinski definition) is 1. The summed E-state index contributed by atoms with van der Waals surface area (Å²) in [4.78, 5) is 2.42. The molecule has 2 N–H and O–H groups in total. The van der Waals surface area contributed by atoms with Crippen molar-refractivity contribution in [2.45, 2.75) is 32.4 Å². The van der Waals surface area contributed by atoms with E-state index in [0.717, 1.165) is 32.7 Å². The molecule has 1 aliphatic rings. The lowest BCUT2D eigenvalue weighted by molar-refractivity contribution is 0.0670. The van der Waals surface area contributed by atoms with E-state index in [1.165, 1.54) is 11.1 Å². The third kappa shape index (κ3) is 3.80. The number of nitrogens with zero attached hydrogens (tertiary/aromatic N) is 1. The van der Waals surface area contributed by atoms with Gasteiger partial charge in [0, 0.05) is 32.3 Å². The van der Waals surface area contributed by atoms with Gasteiger partial charge in [-0.15, -0.1) is 0 Å². The summed E-state index contributed by atoms with van der Waals surface area (Å²) < 4.78 is 5.66. The van der Waals surface area contributed by atoms with E-state index in [4.69, 9.17) is 10.5 Å². The summed E-state index contributed by atoms with van der Waals surface area (Å²) in [5.41, 5.74) is 8.81. The molecule has 18 heavy (non-hydrogen) atoms. The van der Waals surface area contributed by atoms with Crippen molar-refractivity contribution in [1.82, 2.24) is 4.90 Å². The zero-order chi connectivity index (χ0) is 13.0. The molecule has 2 atom stereocenters.